The van der Waals surface area contributed by atoms with Crippen molar-refractivity contribution in [2.75, 3.05) is 20.1 Å². The van der Waals surface area contributed by atoms with Crippen LogP contribution in [0.2, 0.25) is 0 Å². The predicted molar refractivity (Wildman–Crippen MR) is 131 cm³/mol. The van der Waals surface area contributed by atoms with Crippen molar-refractivity contribution in [2.45, 2.75) is 31.2 Å². The van der Waals surface area contributed by atoms with Crippen LogP contribution in [0.1, 0.15) is 40.0 Å². The van der Waals surface area contributed by atoms with Gasteiger partial charge in [0.05, 0.1) is 17.4 Å². The number of carbonyl (C=O) groups excluding carboxylic acids is 1. The number of fused-ring (bicyclic) bond motifs is 2. The highest BCUT2D eigenvalue weighted by Gasteiger charge is 2.44. The number of halogens is 1. The van der Waals surface area contributed by atoms with Crippen LogP contribution in [0.3, 0.4) is 0 Å². The van der Waals surface area contributed by atoms with Crippen molar-refractivity contribution < 1.29 is 9.18 Å². The zero-order chi connectivity index (χ0) is 24.2. The van der Waals surface area contributed by atoms with Gasteiger partial charge in [-0.3, -0.25) is 9.59 Å². The Balaban J connectivity index is 1.31. The van der Waals surface area contributed by atoms with Crippen LogP contribution in [0.4, 0.5) is 4.39 Å². The van der Waals surface area contributed by atoms with Gasteiger partial charge in [-0.05, 0) is 73.2 Å². The Labute approximate surface area is 201 Å². The Bertz CT molecular complexity index is 1500. The van der Waals surface area contributed by atoms with Crippen molar-refractivity contribution >= 4 is 11.4 Å². The number of likely N-dealkylation sites (N-methyl/N-ethyl adjacent to an activating group) is 1. The van der Waals surface area contributed by atoms with E-state index in [0.717, 1.165) is 24.0 Å². The molecule has 1 aliphatic heterocycles. The molecular formula is C27H26FN5O2. The van der Waals surface area contributed by atoms with Gasteiger partial charge in [0, 0.05) is 19.2 Å². The summed E-state index contributed by atoms with van der Waals surface area (Å²) in [6.07, 6.45) is 6.29. The fourth-order valence-corrected chi connectivity index (χ4v) is 5.42. The third kappa shape index (κ3) is 3.83. The second-order valence-electron chi connectivity index (χ2n) is 9.76. The molecule has 0 radical (unpaired) electrons. The first-order valence-corrected chi connectivity index (χ1v) is 11.9. The molecule has 7 nitrogen and oxygen atoms in total. The number of aromatic amines is 1. The first-order valence-electron chi connectivity index (χ1n) is 11.9. The largest absolute Gasteiger partial charge is 0.339 e. The molecule has 178 valence electrons. The molecule has 2 aromatic carbocycles. The summed E-state index contributed by atoms with van der Waals surface area (Å²) in [5.74, 6) is -0.696. The van der Waals surface area contributed by atoms with Crippen molar-refractivity contribution in [2.24, 2.45) is 0 Å². The number of hydrogen-bond acceptors (Lipinski definition) is 4. The summed E-state index contributed by atoms with van der Waals surface area (Å²) in [6.45, 7) is 1.20. The van der Waals surface area contributed by atoms with Gasteiger partial charge in [-0.15, -0.1) is 0 Å². The van der Waals surface area contributed by atoms with Gasteiger partial charge in [0.25, 0.3) is 11.5 Å². The van der Waals surface area contributed by atoms with Crippen LogP contribution in [0.15, 0.2) is 59.5 Å². The molecule has 1 amide bonds. The van der Waals surface area contributed by atoms with Gasteiger partial charge in [-0.25, -0.2) is 8.91 Å². The summed E-state index contributed by atoms with van der Waals surface area (Å²) in [7, 11) is 1.96. The number of rotatable bonds is 4. The zero-order valence-corrected chi connectivity index (χ0v) is 19.5. The highest BCUT2D eigenvalue weighted by atomic mass is 19.1. The molecule has 0 unspecified atom stereocenters. The van der Waals surface area contributed by atoms with Crippen LogP contribution in [0.25, 0.3) is 16.8 Å². The molecule has 35 heavy (non-hydrogen) atoms. The quantitative estimate of drug-likeness (QED) is 0.479. The summed E-state index contributed by atoms with van der Waals surface area (Å²) in [5.41, 5.74) is 4.66. The summed E-state index contributed by atoms with van der Waals surface area (Å²) >= 11 is 0. The molecule has 0 spiro atoms. The Morgan fingerprint density at radius 1 is 1.06 bits per heavy atom. The van der Waals surface area contributed by atoms with Crippen molar-refractivity contribution in [3.63, 3.8) is 0 Å². The lowest BCUT2D eigenvalue weighted by atomic mass is 9.82. The van der Waals surface area contributed by atoms with E-state index in [1.165, 1.54) is 46.7 Å². The minimum Gasteiger partial charge on any atom is -0.339 e. The van der Waals surface area contributed by atoms with E-state index < -0.39 is 5.54 Å². The Kier molecular flexibility index (Phi) is 5.07. The number of amides is 1. The van der Waals surface area contributed by atoms with Gasteiger partial charge in [0.15, 0.2) is 5.69 Å². The molecule has 2 aromatic heterocycles. The van der Waals surface area contributed by atoms with Gasteiger partial charge in [0.2, 0.25) is 0 Å². The monoisotopic (exact) mass is 471 g/mol. The van der Waals surface area contributed by atoms with E-state index in [4.69, 9.17) is 0 Å². The standard InChI is InChI=1S/C27H26FN5O2/c1-32-15-27(16-32,20-8-10-21(28)11-9-20)30-25(34)22-13-24-26(35)29-23(14-33(24)31-22)19-7-6-17-4-2-3-5-18(17)12-19/h6-14H,2-5,15-16H2,1H3,(H,29,35)(H,30,34). The molecule has 2 N–H and O–H groups in total. The number of likely N-dealkylation sites (tertiary alicyclic amines) is 1. The Morgan fingerprint density at radius 2 is 1.80 bits per heavy atom. The van der Waals surface area contributed by atoms with Crippen LogP contribution >= 0.6 is 0 Å². The van der Waals surface area contributed by atoms with E-state index in [0.29, 0.717) is 24.3 Å². The fourth-order valence-electron chi connectivity index (χ4n) is 5.42. The van der Waals surface area contributed by atoms with Gasteiger partial charge in [-0.1, -0.05) is 24.3 Å². The van der Waals surface area contributed by atoms with Crippen molar-refractivity contribution in [3.05, 3.63) is 93.3 Å². The summed E-state index contributed by atoms with van der Waals surface area (Å²) in [4.78, 5) is 31.1. The summed E-state index contributed by atoms with van der Waals surface area (Å²) in [6, 6.07) is 14.0. The molecule has 8 heteroatoms. The third-order valence-electron chi connectivity index (χ3n) is 7.19. The number of carbonyl (C=O) groups is 1. The number of nitrogens with one attached hydrogen (secondary N) is 2. The van der Waals surface area contributed by atoms with E-state index in [1.54, 1.807) is 18.3 Å². The third-order valence-corrected chi connectivity index (χ3v) is 7.19. The van der Waals surface area contributed by atoms with Gasteiger partial charge < -0.3 is 15.2 Å². The summed E-state index contributed by atoms with van der Waals surface area (Å²) in [5, 5.41) is 7.51. The number of H-pyrrole nitrogens is 1. The maximum absolute atomic E-state index is 13.5. The first kappa shape index (κ1) is 21.7. The van der Waals surface area contributed by atoms with E-state index in [-0.39, 0.29) is 23.0 Å². The number of hydrogen-bond donors (Lipinski definition) is 2. The number of aryl methyl sites for hydroxylation is 2. The molecular weight excluding hydrogens is 445 g/mol. The van der Waals surface area contributed by atoms with Gasteiger partial charge in [0.1, 0.15) is 11.3 Å². The summed E-state index contributed by atoms with van der Waals surface area (Å²) < 4.78 is 14.9. The number of nitrogens with zero attached hydrogens (tertiary/aromatic N) is 3. The maximum Gasteiger partial charge on any atom is 0.274 e. The second kappa shape index (κ2) is 8.16. The van der Waals surface area contributed by atoms with E-state index in [2.05, 4.69) is 32.4 Å². The van der Waals surface area contributed by atoms with Gasteiger partial charge >= 0.3 is 0 Å². The van der Waals surface area contributed by atoms with Crippen molar-refractivity contribution in [3.8, 4) is 11.3 Å². The van der Waals surface area contributed by atoms with Crippen LogP contribution in [-0.4, -0.2) is 45.5 Å². The predicted octanol–water partition coefficient (Wildman–Crippen LogP) is 3.28. The van der Waals surface area contributed by atoms with Crippen LogP contribution in [-0.2, 0) is 18.4 Å². The Hall–Kier alpha value is -3.78. The minimum absolute atomic E-state index is 0.161. The fraction of sp³-hybridized carbons (Fsp3) is 0.296. The SMILES string of the molecule is CN1CC(NC(=O)c2cc3c(=O)[nH]c(-c4ccc5c(c4)CCCC5)cn3n2)(c2ccc(F)cc2)C1. The number of aromatic nitrogens is 3. The molecule has 1 fully saturated rings. The first-order chi connectivity index (χ1) is 16.9. The van der Waals surface area contributed by atoms with Crippen molar-refractivity contribution in [1.29, 1.82) is 0 Å². The molecule has 0 bridgehead atoms. The highest BCUT2D eigenvalue weighted by Crippen LogP contribution is 2.31. The lowest BCUT2D eigenvalue weighted by molar-refractivity contribution is 0.0508. The molecule has 1 aliphatic carbocycles. The molecule has 0 atom stereocenters. The number of benzene rings is 2. The van der Waals surface area contributed by atoms with E-state index >= 15 is 0 Å². The highest BCUT2D eigenvalue weighted by molar-refractivity contribution is 5.94. The molecule has 3 heterocycles. The average Bonchev–Trinajstić information content (AvgIpc) is 3.28. The lowest BCUT2D eigenvalue weighted by Crippen LogP contribution is -2.66. The van der Waals surface area contributed by atoms with E-state index in [1.807, 2.05) is 13.1 Å². The molecule has 2 aliphatic rings. The molecule has 6 rings (SSSR count). The van der Waals surface area contributed by atoms with Crippen LogP contribution in [0, 0.1) is 5.82 Å². The van der Waals surface area contributed by atoms with Crippen LogP contribution < -0.4 is 10.9 Å². The van der Waals surface area contributed by atoms with Crippen molar-refractivity contribution in [1.82, 2.24) is 24.8 Å². The Morgan fingerprint density at radius 3 is 2.54 bits per heavy atom. The molecule has 0 saturated carbocycles. The topological polar surface area (TPSA) is 82.5 Å². The lowest BCUT2D eigenvalue weighted by Gasteiger charge is -2.49. The molecule has 4 aromatic rings. The van der Waals surface area contributed by atoms with Gasteiger partial charge in [-0.2, -0.15) is 5.10 Å². The zero-order valence-electron chi connectivity index (χ0n) is 19.5. The van der Waals surface area contributed by atoms with E-state index in [9.17, 15) is 14.0 Å². The smallest absolute Gasteiger partial charge is 0.274 e. The molecule has 1 saturated heterocycles. The normalized spacial score (nSPS) is 17.1. The average molecular weight is 472 g/mol. The van der Waals surface area contributed by atoms with Crippen LogP contribution in [0.5, 0.6) is 0 Å². The minimum atomic E-state index is -0.629. The second-order valence-corrected chi connectivity index (χ2v) is 9.76. The maximum atomic E-state index is 13.5.